The number of hydrogen-bond donors (Lipinski definition) is 2. The first-order valence-corrected chi connectivity index (χ1v) is 13.2. The molecule has 2 N–H and O–H groups in total. The predicted octanol–water partition coefficient (Wildman–Crippen LogP) is 6.12. The third-order valence-corrected chi connectivity index (χ3v) is 6.30. The van der Waals surface area contributed by atoms with Crippen LogP contribution < -0.4 is 10.1 Å². The Hall–Kier alpha value is -3.17. The van der Waals surface area contributed by atoms with Gasteiger partial charge in [0.2, 0.25) is 5.91 Å². The topological polar surface area (TPSA) is 61.8 Å². The van der Waals surface area contributed by atoms with Gasteiger partial charge in [0, 0.05) is 36.8 Å². The number of phenols is 1. The van der Waals surface area contributed by atoms with Gasteiger partial charge in [0.1, 0.15) is 23.9 Å². The summed E-state index contributed by atoms with van der Waals surface area (Å²) in [5.74, 6) is 0.623. The van der Waals surface area contributed by atoms with E-state index in [0.717, 1.165) is 37.2 Å². The molecular weight excluding hydrogens is 582 g/mol. The lowest BCUT2D eigenvalue weighted by Gasteiger charge is -2.17. The van der Waals surface area contributed by atoms with Crippen LogP contribution in [0.25, 0.3) is 11.1 Å². The minimum absolute atomic E-state index is 0.0442. The molecule has 0 saturated heterocycles. The first kappa shape index (κ1) is 28.4. The molecule has 0 fully saturated rings. The standard InChI is InChI=1S/C30H32FIN2O3/c1-4-28(23-18-24(31)20-25(32)19-23)30(21-7-11-26(35)12-8-21)22-9-13-27(14-10-22)37-17-16-33-15-5-6-29(36)34(2)3/h5-14,18-20,33,35H,4,15-17H2,1-3H3/b6-5+,30-28-. The molecule has 0 atom stereocenters. The number of hydrogen-bond acceptors (Lipinski definition) is 4. The van der Waals surface area contributed by atoms with Crippen molar-refractivity contribution in [3.05, 3.63) is 105 Å². The highest BCUT2D eigenvalue weighted by Gasteiger charge is 2.15. The third kappa shape index (κ3) is 8.43. The second-order valence-corrected chi connectivity index (χ2v) is 9.87. The lowest BCUT2D eigenvalue weighted by molar-refractivity contribution is -0.123. The van der Waals surface area contributed by atoms with Gasteiger partial charge in [0.15, 0.2) is 0 Å². The molecule has 7 heteroatoms. The molecule has 0 bridgehead atoms. The summed E-state index contributed by atoms with van der Waals surface area (Å²) in [6, 6.07) is 20.0. The molecule has 3 aromatic carbocycles. The zero-order valence-corrected chi connectivity index (χ0v) is 23.5. The van der Waals surface area contributed by atoms with Gasteiger partial charge in [-0.3, -0.25) is 4.79 Å². The number of halogens is 2. The smallest absolute Gasteiger partial charge is 0.245 e. The van der Waals surface area contributed by atoms with Crippen molar-refractivity contribution in [2.75, 3.05) is 33.8 Å². The molecule has 0 aliphatic carbocycles. The molecular formula is C30H32FIN2O3. The number of benzene rings is 3. The Labute approximate surface area is 231 Å². The van der Waals surface area contributed by atoms with Gasteiger partial charge in [-0.15, -0.1) is 0 Å². The van der Waals surface area contributed by atoms with Gasteiger partial charge in [0.05, 0.1) is 0 Å². The van der Waals surface area contributed by atoms with Crippen molar-refractivity contribution in [1.82, 2.24) is 10.2 Å². The maximum atomic E-state index is 14.3. The number of allylic oxidation sites excluding steroid dienone is 1. The van der Waals surface area contributed by atoms with Crippen LogP contribution in [0.1, 0.15) is 30.0 Å². The summed E-state index contributed by atoms with van der Waals surface area (Å²) in [5, 5.41) is 13.0. The number of likely N-dealkylation sites (N-methyl/N-ethyl adjacent to an activating group) is 1. The van der Waals surface area contributed by atoms with Crippen molar-refractivity contribution in [3.63, 3.8) is 0 Å². The third-order valence-electron chi connectivity index (χ3n) is 5.68. The summed E-state index contributed by atoms with van der Waals surface area (Å²) in [5.41, 5.74) is 4.75. The van der Waals surface area contributed by atoms with E-state index in [4.69, 9.17) is 4.74 Å². The molecule has 194 valence electrons. The maximum Gasteiger partial charge on any atom is 0.245 e. The van der Waals surface area contributed by atoms with Crippen LogP contribution in [-0.4, -0.2) is 49.7 Å². The highest BCUT2D eigenvalue weighted by molar-refractivity contribution is 14.1. The number of carbonyl (C=O) groups is 1. The van der Waals surface area contributed by atoms with Crippen molar-refractivity contribution in [3.8, 4) is 11.5 Å². The molecule has 5 nitrogen and oxygen atoms in total. The molecule has 0 aliphatic heterocycles. The number of nitrogens with zero attached hydrogens (tertiary/aromatic N) is 1. The highest BCUT2D eigenvalue weighted by Crippen LogP contribution is 2.36. The van der Waals surface area contributed by atoms with Crippen LogP contribution in [0.2, 0.25) is 0 Å². The molecule has 0 unspecified atom stereocenters. The quantitative estimate of drug-likeness (QED) is 0.118. The minimum Gasteiger partial charge on any atom is -0.508 e. The van der Waals surface area contributed by atoms with Crippen molar-refractivity contribution < 1.29 is 19.0 Å². The van der Waals surface area contributed by atoms with Gasteiger partial charge in [-0.2, -0.15) is 0 Å². The second-order valence-electron chi connectivity index (χ2n) is 8.62. The summed E-state index contributed by atoms with van der Waals surface area (Å²) in [7, 11) is 3.43. The number of aromatic hydroxyl groups is 1. The van der Waals surface area contributed by atoms with Gasteiger partial charge >= 0.3 is 0 Å². The molecule has 0 spiro atoms. The van der Waals surface area contributed by atoms with E-state index in [1.54, 1.807) is 44.4 Å². The SMILES string of the molecule is CC/C(=C(\c1ccc(O)cc1)c1ccc(OCCNC/C=C/C(=O)N(C)C)cc1)c1cc(F)cc(I)c1. The van der Waals surface area contributed by atoms with Crippen molar-refractivity contribution in [1.29, 1.82) is 0 Å². The van der Waals surface area contributed by atoms with Crippen LogP contribution in [0.15, 0.2) is 78.9 Å². The average Bonchev–Trinajstić information content (AvgIpc) is 2.87. The normalized spacial score (nSPS) is 11.9. The monoisotopic (exact) mass is 614 g/mol. The Morgan fingerprint density at radius 3 is 2.27 bits per heavy atom. The van der Waals surface area contributed by atoms with Gasteiger partial charge in [-0.25, -0.2) is 4.39 Å². The molecule has 3 rings (SSSR count). The highest BCUT2D eigenvalue weighted by atomic mass is 127. The second kappa shape index (κ2) is 13.9. The first-order valence-electron chi connectivity index (χ1n) is 12.1. The number of amides is 1. The molecule has 37 heavy (non-hydrogen) atoms. The summed E-state index contributed by atoms with van der Waals surface area (Å²) in [6.45, 7) is 3.77. The fraction of sp³-hybridized carbons (Fsp3) is 0.233. The fourth-order valence-corrected chi connectivity index (χ4v) is 4.48. The Kier molecular flexibility index (Phi) is 10.7. The number of nitrogens with one attached hydrogen (secondary N) is 1. The minimum atomic E-state index is -0.268. The fourth-order valence-electron chi connectivity index (χ4n) is 3.85. The van der Waals surface area contributed by atoms with Gasteiger partial charge in [-0.1, -0.05) is 37.3 Å². The van der Waals surface area contributed by atoms with E-state index in [1.165, 1.54) is 11.0 Å². The van der Waals surface area contributed by atoms with Gasteiger partial charge in [0.25, 0.3) is 0 Å². The molecule has 3 aromatic rings. The number of phenolic OH excluding ortho intramolecular Hbond substituents is 1. The molecule has 1 amide bonds. The Balaban J connectivity index is 1.78. The zero-order chi connectivity index (χ0) is 26.8. The van der Waals surface area contributed by atoms with Gasteiger partial charge in [-0.05, 0) is 99.3 Å². The van der Waals surface area contributed by atoms with Crippen molar-refractivity contribution >= 4 is 39.6 Å². The van der Waals surface area contributed by atoms with Crippen molar-refractivity contribution in [2.24, 2.45) is 0 Å². The zero-order valence-electron chi connectivity index (χ0n) is 21.3. The number of ether oxygens (including phenoxy) is 1. The van der Waals surface area contributed by atoms with E-state index in [2.05, 4.69) is 34.8 Å². The van der Waals surface area contributed by atoms with Crippen LogP contribution in [0.3, 0.4) is 0 Å². The Morgan fingerprint density at radius 2 is 1.68 bits per heavy atom. The van der Waals surface area contributed by atoms with Crippen LogP contribution in [-0.2, 0) is 4.79 Å². The molecule has 0 radical (unpaired) electrons. The van der Waals surface area contributed by atoms with Crippen molar-refractivity contribution in [2.45, 2.75) is 13.3 Å². The lowest BCUT2D eigenvalue weighted by Crippen LogP contribution is -2.22. The molecule has 0 heterocycles. The summed E-state index contributed by atoms with van der Waals surface area (Å²) < 4.78 is 21.0. The largest absolute Gasteiger partial charge is 0.508 e. The van der Waals surface area contributed by atoms with Gasteiger partial charge < -0.3 is 20.1 Å². The number of rotatable bonds is 11. The van der Waals surface area contributed by atoms with E-state index in [9.17, 15) is 14.3 Å². The van der Waals surface area contributed by atoms with E-state index in [-0.39, 0.29) is 17.5 Å². The first-order chi connectivity index (χ1) is 17.8. The Bertz CT molecular complexity index is 1230. The van der Waals surface area contributed by atoms with Crippen LogP contribution in [0.4, 0.5) is 4.39 Å². The van der Waals surface area contributed by atoms with Crippen LogP contribution in [0.5, 0.6) is 11.5 Å². The molecule has 0 aliphatic rings. The van der Waals surface area contributed by atoms with E-state index in [0.29, 0.717) is 26.1 Å². The summed E-state index contributed by atoms with van der Waals surface area (Å²) in [4.78, 5) is 13.0. The predicted molar refractivity (Wildman–Crippen MR) is 156 cm³/mol. The van der Waals surface area contributed by atoms with E-state index < -0.39 is 0 Å². The number of carbonyl (C=O) groups excluding carboxylic acids is 1. The van der Waals surface area contributed by atoms with Crippen LogP contribution >= 0.6 is 22.6 Å². The Morgan fingerprint density at radius 1 is 1.03 bits per heavy atom. The van der Waals surface area contributed by atoms with Crippen LogP contribution in [0, 0.1) is 9.39 Å². The maximum absolute atomic E-state index is 14.3. The molecule has 0 aromatic heterocycles. The average molecular weight is 614 g/mol. The lowest BCUT2D eigenvalue weighted by atomic mass is 9.88. The van der Waals surface area contributed by atoms with E-state index >= 15 is 0 Å². The van der Waals surface area contributed by atoms with E-state index in [1.807, 2.05) is 42.5 Å². The summed E-state index contributed by atoms with van der Waals surface area (Å²) in [6.07, 6.45) is 4.04. The summed E-state index contributed by atoms with van der Waals surface area (Å²) >= 11 is 2.13. The molecule has 0 saturated carbocycles.